The van der Waals surface area contributed by atoms with Crippen molar-refractivity contribution in [3.63, 3.8) is 0 Å². The molecule has 0 saturated heterocycles. The van der Waals surface area contributed by atoms with Crippen LogP contribution in [0.25, 0.3) is 0 Å². The van der Waals surface area contributed by atoms with Gasteiger partial charge in [-0.25, -0.2) is 4.57 Å². The minimum absolute atomic E-state index is 0.0517. The molecule has 0 aromatic heterocycles. The Kier molecular flexibility index (Phi) is 42.4. The highest BCUT2D eigenvalue weighted by Gasteiger charge is 2.26. The molecule has 0 aliphatic rings. The molecule has 0 amide bonds. The van der Waals surface area contributed by atoms with Crippen LogP contribution < -0.4 is 5.73 Å². The van der Waals surface area contributed by atoms with Crippen molar-refractivity contribution in [2.24, 2.45) is 5.73 Å². The molecule has 57 heavy (non-hydrogen) atoms. The number of esters is 2. The molecule has 2 atom stereocenters. The predicted molar refractivity (Wildman–Crippen MR) is 238 cm³/mol. The van der Waals surface area contributed by atoms with E-state index in [9.17, 15) is 19.0 Å². The second-order valence-electron chi connectivity index (χ2n) is 15.6. The SMILES string of the molecule is CCCCCC=CCC=CCCCCCCCCCC(=O)O[C@H](COC(=O)CCCCCCCCCCCC=CCCCCCCCC)COP(=O)(O)OCCN. The smallest absolute Gasteiger partial charge is 0.462 e. The zero-order valence-electron chi connectivity index (χ0n) is 36.8. The van der Waals surface area contributed by atoms with E-state index in [2.05, 4.69) is 50.3 Å². The quantitative estimate of drug-likeness (QED) is 0.0266. The first-order chi connectivity index (χ1) is 27.8. The average molecular weight is 826 g/mol. The van der Waals surface area contributed by atoms with Crippen LogP contribution in [0.4, 0.5) is 0 Å². The number of nitrogens with two attached hydrogens (primary N) is 1. The third-order valence-corrected chi connectivity index (χ3v) is 11.0. The first-order valence-electron chi connectivity index (χ1n) is 23.5. The second-order valence-corrected chi connectivity index (χ2v) is 17.1. The fraction of sp³-hybridized carbons (Fsp3) is 0.830. The summed E-state index contributed by atoms with van der Waals surface area (Å²) in [6.07, 6.45) is 48.8. The largest absolute Gasteiger partial charge is 0.472 e. The minimum Gasteiger partial charge on any atom is -0.462 e. The van der Waals surface area contributed by atoms with Crippen molar-refractivity contribution in [1.29, 1.82) is 0 Å². The van der Waals surface area contributed by atoms with E-state index in [0.29, 0.717) is 6.42 Å². The van der Waals surface area contributed by atoms with Gasteiger partial charge in [-0.2, -0.15) is 0 Å². The normalized spacial score (nSPS) is 13.5. The van der Waals surface area contributed by atoms with Gasteiger partial charge in [0.2, 0.25) is 0 Å². The maximum absolute atomic E-state index is 12.6. The van der Waals surface area contributed by atoms with Gasteiger partial charge in [0.25, 0.3) is 0 Å². The summed E-state index contributed by atoms with van der Waals surface area (Å²) in [7, 11) is -4.38. The molecule has 1 unspecified atom stereocenters. The number of carbonyl (C=O) groups is 2. The van der Waals surface area contributed by atoms with E-state index in [1.807, 2.05) is 0 Å². The number of phosphoric ester groups is 1. The number of allylic oxidation sites excluding steroid dienone is 6. The molecule has 3 N–H and O–H groups in total. The number of hydrogen-bond donors (Lipinski definition) is 2. The fourth-order valence-corrected chi connectivity index (χ4v) is 7.25. The third kappa shape index (κ3) is 43.6. The summed E-state index contributed by atoms with van der Waals surface area (Å²) in [6, 6.07) is 0. The van der Waals surface area contributed by atoms with Crippen LogP contribution in [-0.2, 0) is 32.7 Å². The highest BCUT2D eigenvalue weighted by Crippen LogP contribution is 2.43. The lowest BCUT2D eigenvalue weighted by Gasteiger charge is -2.19. The summed E-state index contributed by atoms with van der Waals surface area (Å²) < 4.78 is 32.8. The van der Waals surface area contributed by atoms with Crippen LogP contribution in [0.5, 0.6) is 0 Å². The molecule has 0 heterocycles. The maximum atomic E-state index is 12.6. The summed E-state index contributed by atoms with van der Waals surface area (Å²) in [6.45, 7) is 3.71. The molecule has 0 aromatic rings. The van der Waals surface area contributed by atoms with Crippen molar-refractivity contribution < 1.29 is 37.6 Å². The summed E-state index contributed by atoms with van der Waals surface area (Å²) in [5, 5.41) is 0. The summed E-state index contributed by atoms with van der Waals surface area (Å²) in [5.74, 6) is -0.835. The van der Waals surface area contributed by atoms with Crippen molar-refractivity contribution in [3.8, 4) is 0 Å². The molecular formula is C47H88NO8P. The lowest BCUT2D eigenvalue weighted by atomic mass is 10.1. The highest BCUT2D eigenvalue weighted by molar-refractivity contribution is 7.47. The van der Waals surface area contributed by atoms with Gasteiger partial charge in [0, 0.05) is 19.4 Å². The molecule has 0 saturated carbocycles. The van der Waals surface area contributed by atoms with Gasteiger partial charge in [-0.3, -0.25) is 18.6 Å². The van der Waals surface area contributed by atoms with Crippen molar-refractivity contribution in [2.45, 2.75) is 225 Å². The van der Waals surface area contributed by atoms with Crippen LogP contribution in [-0.4, -0.2) is 49.3 Å². The average Bonchev–Trinajstić information content (AvgIpc) is 3.20. The van der Waals surface area contributed by atoms with E-state index in [1.165, 1.54) is 135 Å². The van der Waals surface area contributed by atoms with Gasteiger partial charge < -0.3 is 20.1 Å². The molecule has 0 rings (SSSR count). The van der Waals surface area contributed by atoms with Gasteiger partial charge in [0.15, 0.2) is 6.10 Å². The van der Waals surface area contributed by atoms with Gasteiger partial charge in [-0.15, -0.1) is 0 Å². The first kappa shape index (κ1) is 55.2. The molecule has 0 aliphatic carbocycles. The molecule has 10 heteroatoms. The zero-order valence-corrected chi connectivity index (χ0v) is 37.7. The van der Waals surface area contributed by atoms with Crippen LogP contribution >= 0.6 is 7.82 Å². The van der Waals surface area contributed by atoms with E-state index in [0.717, 1.165) is 51.4 Å². The van der Waals surface area contributed by atoms with E-state index in [4.69, 9.17) is 24.3 Å². The Balaban J connectivity index is 4.10. The molecule has 0 fully saturated rings. The number of carbonyl (C=O) groups excluding carboxylic acids is 2. The van der Waals surface area contributed by atoms with E-state index in [-0.39, 0.29) is 38.6 Å². The number of phosphoric acid groups is 1. The van der Waals surface area contributed by atoms with Crippen molar-refractivity contribution in [3.05, 3.63) is 36.5 Å². The molecular weight excluding hydrogens is 737 g/mol. The molecule has 0 aliphatic heterocycles. The lowest BCUT2D eigenvalue weighted by Crippen LogP contribution is -2.29. The van der Waals surface area contributed by atoms with Crippen LogP contribution in [0.3, 0.4) is 0 Å². The Labute approximate surface area is 350 Å². The van der Waals surface area contributed by atoms with Crippen molar-refractivity contribution in [1.82, 2.24) is 0 Å². The van der Waals surface area contributed by atoms with Gasteiger partial charge in [-0.1, -0.05) is 172 Å². The monoisotopic (exact) mass is 826 g/mol. The van der Waals surface area contributed by atoms with Crippen LogP contribution in [0, 0.1) is 0 Å². The van der Waals surface area contributed by atoms with E-state index < -0.39 is 26.5 Å². The standard InChI is InChI=1S/C47H88NO8P/c1-3-5-7-9-11-13-15-17-19-21-22-24-25-27-29-31-33-35-37-39-46(49)53-43-45(44-55-57(51,52)54-42-41-48)56-47(50)40-38-36-34-32-30-28-26-23-20-18-16-14-12-10-8-6-4-2/h12,14,17-20,45H,3-11,13,15-16,21-44,48H2,1-2H3,(H,51,52)/t45-/m1/s1. The molecule has 0 aromatic carbocycles. The molecule has 334 valence electrons. The molecule has 0 radical (unpaired) electrons. The Bertz CT molecular complexity index is 1030. The summed E-state index contributed by atoms with van der Waals surface area (Å²) >= 11 is 0. The van der Waals surface area contributed by atoms with Crippen LogP contribution in [0.2, 0.25) is 0 Å². The molecule has 0 spiro atoms. The van der Waals surface area contributed by atoms with Crippen LogP contribution in [0.1, 0.15) is 219 Å². The zero-order chi connectivity index (χ0) is 41.8. The Hall–Kier alpha value is -1.77. The maximum Gasteiger partial charge on any atom is 0.472 e. The number of ether oxygens (including phenoxy) is 2. The minimum atomic E-state index is -4.38. The topological polar surface area (TPSA) is 134 Å². The van der Waals surface area contributed by atoms with Gasteiger partial charge in [0.05, 0.1) is 13.2 Å². The number of hydrogen-bond acceptors (Lipinski definition) is 8. The van der Waals surface area contributed by atoms with Crippen molar-refractivity contribution in [2.75, 3.05) is 26.4 Å². The first-order valence-corrected chi connectivity index (χ1v) is 25.0. The summed E-state index contributed by atoms with van der Waals surface area (Å²) in [4.78, 5) is 34.9. The second kappa shape index (κ2) is 43.8. The third-order valence-electron chi connectivity index (χ3n) is 10.00. The van der Waals surface area contributed by atoms with E-state index in [1.54, 1.807) is 0 Å². The number of unbranched alkanes of at least 4 members (excludes halogenated alkanes) is 25. The van der Waals surface area contributed by atoms with Crippen molar-refractivity contribution >= 4 is 19.8 Å². The van der Waals surface area contributed by atoms with Gasteiger partial charge in [-0.05, 0) is 70.6 Å². The lowest BCUT2D eigenvalue weighted by molar-refractivity contribution is -0.161. The Morgan fingerprint density at radius 2 is 0.912 bits per heavy atom. The Morgan fingerprint density at radius 1 is 0.526 bits per heavy atom. The van der Waals surface area contributed by atoms with Gasteiger partial charge in [0.1, 0.15) is 6.61 Å². The predicted octanol–water partition coefficient (Wildman–Crippen LogP) is 13.7. The Morgan fingerprint density at radius 3 is 1.39 bits per heavy atom. The summed E-state index contributed by atoms with van der Waals surface area (Å²) in [5.41, 5.74) is 5.35. The van der Waals surface area contributed by atoms with E-state index >= 15 is 0 Å². The number of rotatable bonds is 44. The fourth-order valence-electron chi connectivity index (χ4n) is 6.48. The highest BCUT2D eigenvalue weighted by atomic mass is 31.2. The van der Waals surface area contributed by atoms with Gasteiger partial charge >= 0.3 is 19.8 Å². The molecule has 9 nitrogen and oxygen atoms in total. The van der Waals surface area contributed by atoms with Crippen LogP contribution in [0.15, 0.2) is 36.5 Å². The molecule has 0 bridgehead atoms.